The van der Waals surface area contributed by atoms with Crippen LogP contribution in [0.4, 0.5) is 0 Å². The first kappa shape index (κ1) is 14.6. The van der Waals surface area contributed by atoms with Gasteiger partial charge in [0.25, 0.3) is 0 Å². The fraction of sp³-hybridized carbons (Fsp3) is 0.429. The number of carbonyl (C=O) groups is 1. The van der Waals surface area contributed by atoms with Gasteiger partial charge in [-0.15, -0.1) is 0 Å². The number of hydrogen-bond acceptors (Lipinski definition) is 4. The zero-order chi connectivity index (χ0) is 13.6. The topological polar surface area (TPSA) is 38.7 Å². The minimum atomic E-state index is -0.621. The molecule has 96 valence electrons. The van der Waals surface area contributed by atoms with E-state index in [1.165, 1.54) is 0 Å². The summed E-state index contributed by atoms with van der Waals surface area (Å²) >= 11 is 4.58. The molecule has 0 unspecified atom stereocenters. The van der Waals surface area contributed by atoms with E-state index in [9.17, 15) is 4.79 Å². The highest BCUT2D eigenvalue weighted by Gasteiger charge is 2.24. The molecule has 0 aliphatic rings. The molecule has 18 heavy (non-hydrogen) atoms. The van der Waals surface area contributed by atoms with E-state index in [1.54, 1.807) is 0 Å². The minimum Gasteiger partial charge on any atom is -0.458 e. The second-order valence-corrected chi connectivity index (χ2v) is 5.14. The second kappa shape index (κ2) is 6.43. The van der Waals surface area contributed by atoms with Crippen LogP contribution in [-0.2, 0) is 16.0 Å². The molecule has 0 amide bonds. The van der Waals surface area contributed by atoms with Crippen molar-refractivity contribution in [3.8, 4) is 0 Å². The first-order valence-corrected chi connectivity index (χ1v) is 6.17. The normalized spacial score (nSPS) is 12.4. The molecular weight excluding hydrogens is 246 g/mol. The minimum absolute atomic E-state index is 0.372. The van der Waals surface area contributed by atoms with Crippen LogP contribution in [0.2, 0.25) is 0 Å². The van der Waals surface area contributed by atoms with Crippen LogP contribution in [0.1, 0.15) is 26.3 Å². The molecule has 0 aromatic heterocycles. The number of benzene rings is 1. The van der Waals surface area contributed by atoms with E-state index in [1.807, 2.05) is 51.1 Å². The number of thiocarbonyl (C=S) groups is 1. The standard InChI is InChI=1S/C14H17NO2S/c1-14(2,3)17-13(16)12(15-10-18)9-11-7-5-4-6-8-11/h4-8,12H,9H2,1-3H3/t12-/m0/s1. The highest BCUT2D eigenvalue weighted by molar-refractivity contribution is 7.78. The van der Waals surface area contributed by atoms with Gasteiger partial charge in [0.2, 0.25) is 0 Å². The molecule has 0 aliphatic carbocycles. The number of rotatable bonds is 4. The fourth-order valence-electron chi connectivity index (χ4n) is 1.45. The Bertz CT molecular complexity index is 445. The molecule has 0 aliphatic heterocycles. The number of carbonyl (C=O) groups excluding carboxylic acids is 1. The van der Waals surface area contributed by atoms with E-state index in [0.29, 0.717) is 6.42 Å². The highest BCUT2D eigenvalue weighted by atomic mass is 32.1. The Kier molecular flexibility index (Phi) is 5.20. The molecular formula is C14H17NO2S. The molecule has 0 radical (unpaired) electrons. The van der Waals surface area contributed by atoms with Gasteiger partial charge in [-0.2, -0.15) is 0 Å². The van der Waals surface area contributed by atoms with Crippen molar-refractivity contribution >= 4 is 23.3 Å². The monoisotopic (exact) mass is 263 g/mol. The molecule has 0 bridgehead atoms. The number of ether oxygens (including phenoxy) is 1. The third-order valence-electron chi connectivity index (χ3n) is 2.16. The van der Waals surface area contributed by atoms with Gasteiger partial charge in [0.1, 0.15) is 5.60 Å². The molecule has 3 nitrogen and oxygen atoms in total. The molecule has 1 aromatic rings. The highest BCUT2D eigenvalue weighted by Crippen LogP contribution is 2.13. The van der Waals surface area contributed by atoms with Gasteiger partial charge >= 0.3 is 5.97 Å². The Morgan fingerprint density at radius 2 is 2.00 bits per heavy atom. The molecule has 0 N–H and O–H groups in total. The zero-order valence-electron chi connectivity index (χ0n) is 10.8. The van der Waals surface area contributed by atoms with E-state index in [4.69, 9.17) is 4.74 Å². The third kappa shape index (κ3) is 5.21. The molecule has 1 atom stereocenters. The molecule has 0 spiro atoms. The van der Waals surface area contributed by atoms with Gasteiger partial charge in [-0.3, -0.25) is 0 Å². The van der Waals surface area contributed by atoms with Gasteiger partial charge < -0.3 is 4.74 Å². The maximum absolute atomic E-state index is 12.0. The van der Waals surface area contributed by atoms with Gasteiger partial charge in [0.05, 0.1) is 5.16 Å². The van der Waals surface area contributed by atoms with Gasteiger partial charge in [-0.1, -0.05) is 30.3 Å². The number of aliphatic imine (C=N–C) groups is 1. The lowest BCUT2D eigenvalue weighted by molar-refractivity contribution is -0.156. The lowest BCUT2D eigenvalue weighted by atomic mass is 10.1. The summed E-state index contributed by atoms with van der Waals surface area (Å²) < 4.78 is 5.31. The Morgan fingerprint density at radius 3 is 2.50 bits per heavy atom. The fourth-order valence-corrected chi connectivity index (χ4v) is 1.58. The largest absolute Gasteiger partial charge is 0.458 e. The molecule has 4 heteroatoms. The molecule has 0 saturated carbocycles. The van der Waals surface area contributed by atoms with Crippen LogP contribution in [-0.4, -0.2) is 22.8 Å². The summed E-state index contributed by atoms with van der Waals surface area (Å²) in [5.74, 6) is -0.372. The van der Waals surface area contributed by atoms with E-state index < -0.39 is 11.6 Å². The second-order valence-electron chi connectivity index (χ2n) is 4.96. The number of isothiocyanates is 1. The van der Waals surface area contributed by atoms with Crippen molar-refractivity contribution in [1.29, 1.82) is 0 Å². The Hall–Kier alpha value is -1.51. The predicted molar refractivity (Wildman–Crippen MR) is 74.8 cm³/mol. The molecule has 0 saturated heterocycles. The third-order valence-corrected chi connectivity index (χ3v) is 2.26. The molecule has 0 heterocycles. The smallest absolute Gasteiger partial charge is 0.332 e. The van der Waals surface area contributed by atoms with Gasteiger partial charge in [0.15, 0.2) is 6.04 Å². The first-order chi connectivity index (χ1) is 8.42. The quantitative estimate of drug-likeness (QED) is 0.476. The Morgan fingerprint density at radius 1 is 1.39 bits per heavy atom. The Balaban J connectivity index is 2.77. The van der Waals surface area contributed by atoms with E-state index in [0.717, 1.165) is 5.56 Å². The van der Waals surface area contributed by atoms with Crippen molar-refractivity contribution in [2.75, 3.05) is 0 Å². The van der Waals surface area contributed by atoms with Crippen LogP contribution < -0.4 is 0 Å². The molecule has 1 rings (SSSR count). The van der Waals surface area contributed by atoms with Crippen LogP contribution in [0, 0.1) is 0 Å². The average molecular weight is 263 g/mol. The van der Waals surface area contributed by atoms with Gasteiger partial charge in [-0.05, 0) is 38.6 Å². The van der Waals surface area contributed by atoms with Crippen LogP contribution in [0.25, 0.3) is 0 Å². The summed E-state index contributed by atoms with van der Waals surface area (Å²) in [6.07, 6.45) is 0.472. The van der Waals surface area contributed by atoms with Crippen molar-refractivity contribution in [1.82, 2.24) is 0 Å². The summed E-state index contributed by atoms with van der Waals surface area (Å²) in [6, 6.07) is 9.02. The predicted octanol–water partition coefficient (Wildman–Crippen LogP) is 3.04. The lowest BCUT2D eigenvalue weighted by Gasteiger charge is -2.21. The van der Waals surface area contributed by atoms with Gasteiger partial charge in [-0.25, -0.2) is 9.79 Å². The van der Waals surface area contributed by atoms with Crippen LogP contribution >= 0.6 is 12.2 Å². The number of hydrogen-bond donors (Lipinski definition) is 0. The van der Waals surface area contributed by atoms with E-state index in [2.05, 4.69) is 22.4 Å². The SMILES string of the molecule is CC(C)(C)OC(=O)[C@H](Cc1ccccc1)N=C=S. The maximum atomic E-state index is 12.0. The van der Waals surface area contributed by atoms with Crippen LogP contribution in [0.3, 0.4) is 0 Å². The van der Waals surface area contributed by atoms with E-state index in [-0.39, 0.29) is 5.97 Å². The van der Waals surface area contributed by atoms with Crippen molar-refractivity contribution in [3.63, 3.8) is 0 Å². The van der Waals surface area contributed by atoms with E-state index >= 15 is 0 Å². The summed E-state index contributed by atoms with van der Waals surface area (Å²) in [7, 11) is 0. The van der Waals surface area contributed by atoms with Crippen molar-refractivity contribution < 1.29 is 9.53 Å². The van der Waals surface area contributed by atoms with Crippen LogP contribution in [0.5, 0.6) is 0 Å². The van der Waals surface area contributed by atoms with Crippen molar-refractivity contribution in [3.05, 3.63) is 35.9 Å². The molecule has 1 aromatic carbocycles. The Labute approximate surface area is 113 Å². The summed E-state index contributed by atoms with van der Waals surface area (Å²) in [5, 5.41) is 2.26. The van der Waals surface area contributed by atoms with Crippen LogP contribution in [0.15, 0.2) is 35.3 Å². The number of nitrogens with zero attached hydrogens (tertiary/aromatic N) is 1. The average Bonchev–Trinajstić information content (AvgIpc) is 2.27. The zero-order valence-corrected chi connectivity index (χ0v) is 11.7. The van der Waals surface area contributed by atoms with Crippen molar-refractivity contribution in [2.45, 2.75) is 38.8 Å². The van der Waals surface area contributed by atoms with Gasteiger partial charge in [0, 0.05) is 6.42 Å². The van der Waals surface area contributed by atoms with Crippen molar-refractivity contribution in [2.24, 2.45) is 4.99 Å². The number of esters is 1. The maximum Gasteiger partial charge on any atom is 0.332 e. The first-order valence-electron chi connectivity index (χ1n) is 5.76. The summed E-state index contributed by atoms with van der Waals surface area (Å²) in [6.45, 7) is 5.48. The summed E-state index contributed by atoms with van der Waals surface area (Å²) in [4.78, 5) is 15.8. The summed E-state index contributed by atoms with van der Waals surface area (Å²) in [5.41, 5.74) is 0.491. The molecule has 0 fully saturated rings. The lowest BCUT2D eigenvalue weighted by Crippen LogP contribution is -2.32.